The number of Topliss-reactive ketones (excluding diaryl/α,β-unsaturated/α-hetero) is 1. The van der Waals surface area contributed by atoms with Crippen LogP contribution in [0.5, 0.6) is 0 Å². The lowest BCUT2D eigenvalue weighted by Gasteiger charge is -2.18. The summed E-state index contributed by atoms with van der Waals surface area (Å²) >= 11 is 0. The standard InChI is InChI=1S/C16H17O2P/c1-14(17)12-13-19(18,15-8-4-2-5-9-15)16-10-6-3-7-11-16/h2-11H,12-13H2,1H3. The van der Waals surface area contributed by atoms with Crippen molar-refractivity contribution in [2.24, 2.45) is 0 Å². The Kier molecular flexibility index (Phi) is 4.34. The monoisotopic (exact) mass is 272 g/mol. The third kappa shape index (κ3) is 3.21. The second-order valence-electron chi connectivity index (χ2n) is 4.59. The summed E-state index contributed by atoms with van der Waals surface area (Å²) in [6.07, 6.45) is 0.747. The van der Waals surface area contributed by atoms with E-state index in [-0.39, 0.29) is 5.78 Å². The predicted molar refractivity (Wildman–Crippen MR) is 79.9 cm³/mol. The van der Waals surface area contributed by atoms with E-state index in [1.165, 1.54) is 0 Å². The van der Waals surface area contributed by atoms with Gasteiger partial charge in [0.05, 0.1) is 0 Å². The zero-order chi connectivity index (χ0) is 13.7. The maximum absolute atomic E-state index is 13.4. The van der Waals surface area contributed by atoms with Gasteiger partial charge in [0.2, 0.25) is 0 Å². The molecule has 0 unspecified atom stereocenters. The van der Waals surface area contributed by atoms with Gasteiger partial charge in [-0.05, 0) is 6.92 Å². The molecule has 3 heteroatoms. The molecular weight excluding hydrogens is 255 g/mol. The van der Waals surface area contributed by atoms with Crippen LogP contribution in [-0.2, 0) is 9.36 Å². The van der Waals surface area contributed by atoms with Crippen LogP contribution in [0.4, 0.5) is 0 Å². The second-order valence-corrected chi connectivity index (χ2v) is 7.55. The zero-order valence-electron chi connectivity index (χ0n) is 11.0. The highest BCUT2D eigenvalue weighted by Crippen LogP contribution is 2.43. The van der Waals surface area contributed by atoms with Gasteiger partial charge in [-0.15, -0.1) is 0 Å². The maximum Gasteiger partial charge on any atom is 0.143 e. The van der Waals surface area contributed by atoms with E-state index in [0.717, 1.165) is 10.6 Å². The Balaban J connectivity index is 2.45. The van der Waals surface area contributed by atoms with Gasteiger partial charge in [-0.1, -0.05) is 60.7 Å². The minimum atomic E-state index is -2.70. The Morgan fingerprint density at radius 3 is 1.68 bits per heavy atom. The van der Waals surface area contributed by atoms with Crippen LogP contribution in [0.15, 0.2) is 60.7 Å². The lowest BCUT2D eigenvalue weighted by atomic mass is 10.3. The summed E-state index contributed by atoms with van der Waals surface area (Å²) < 4.78 is 13.4. The molecule has 0 fully saturated rings. The van der Waals surface area contributed by atoms with Crippen LogP contribution in [-0.4, -0.2) is 11.9 Å². The highest BCUT2D eigenvalue weighted by atomic mass is 31.2. The lowest BCUT2D eigenvalue weighted by molar-refractivity contribution is -0.116. The van der Waals surface area contributed by atoms with Gasteiger partial charge in [-0.2, -0.15) is 0 Å². The molecule has 0 aliphatic heterocycles. The molecule has 19 heavy (non-hydrogen) atoms. The van der Waals surface area contributed by atoms with Crippen LogP contribution in [0.1, 0.15) is 13.3 Å². The summed E-state index contributed by atoms with van der Waals surface area (Å²) in [5.41, 5.74) is 0. The van der Waals surface area contributed by atoms with Gasteiger partial charge in [-0.3, -0.25) is 0 Å². The zero-order valence-corrected chi connectivity index (χ0v) is 11.8. The number of carbonyl (C=O) groups excluding carboxylic acids is 1. The molecule has 2 nitrogen and oxygen atoms in total. The summed E-state index contributed by atoms with van der Waals surface area (Å²) in [5.74, 6) is 0.0760. The molecule has 0 atom stereocenters. The van der Waals surface area contributed by atoms with Crippen molar-refractivity contribution < 1.29 is 9.36 Å². The van der Waals surface area contributed by atoms with Crippen LogP contribution in [0, 0.1) is 0 Å². The van der Waals surface area contributed by atoms with Crippen molar-refractivity contribution in [1.29, 1.82) is 0 Å². The molecule has 0 bridgehead atoms. The van der Waals surface area contributed by atoms with Crippen molar-refractivity contribution in [2.45, 2.75) is 13.3 Å². The number of ketones is 1. The Morgan fingerprint density at radius 2 is 1.32 bits per heavy atom. The third-order valence-electron chi connectivity index (χ3n) is 3.13. The smallest absolute Gasteiger partial charge is 0.143 e. The summed E-state index contributed by atoms with van der Waals surface area (Å²) in [5, 5.41) is 1.64. The van der Waals surface area contributed by atoms with Gasteiger partial charge in [0.1, 0.15) is 12.9 Å². The highest BCUT2D eigenvalue weighted by molar-refractivity contribution is 7.78. The van der Waals surface area contributed by atoms with E-state index >= 15 is 0 Å². The Bertz CT molecular complexity index is 547. The number of rotatable bonds is 5. The predicted octanol–water partition coefficient (Wildman–Crippen LogP) is 2.98. The van der Waals surface area contributed by atoms with E-state index in [9.17, 15) is 9.36 Å². The number of hydrogen-bond donors (Lipinski definition) is 0. The van der Waals surface area contributed by atoms with Gasteiger partial charge < -0.3 is 9.36 Å². The highest BCUT2D eigenvalue weighted by Gasteiger charge is 2.26. The molecule has 0 spiro atoms. The number of benzene rings is 2. The van der Waals surface area contributed by atoms with Crippen molar-refractivity contribution in [3.63, 3.8) is 0 Å². The van der Waals surface area contributed by atoms with E-state index < -0.39 is 7.14 Å². The molecule has 0 aromatic heterocycles. The quantitative estimate of drug-likeness (QED) is 0.784. The maximum atomic E-state index is 13.4. The van der Waals surface area contributed by atoms with E-state index in [0.29, 0.717) is 12.6 Å². The number of carbonyl (C=O) groups is 1. The van der Waals surface area contributed by atoms with E-state index in [4.69, 9.17) is 0 Å². The minimum absolute atomic E-state index is 0.0760. The average Bonchev–Trinajstić information content (AvgIpc) is 2.46. The van der Waals surface area contributed by atoms with Gasteiger partial charge in [0.25, 0.3) is 0 Å². The second kappa shape index (κ2) is 5.99. The average molecular weight is 272 g/mol. The molecule has 0 heterocycles. The van der Waals surface area contributed by atoms with Gasteiger partial charge in [0.15, 0.2) is 0 Å². The molecule has 2 aromatic carbocycles. The van der Waals surface area contributed by atoms with Crippen LogP contribution >= 0.6 is 7.14 Å². The fourth-order valence-electron chi connectivity index (χ4n) is 2.06. The lowest BCUT2D eigenvalue weighted by Crippen LogP contribution is -2.19. The largest absolute Gasteiger partial charge is 0.314 e. The van der Waals surface area contributed by atoms with Crippen molar-refractivity contribution in [3.05, 3.63) is 60.7 Å². The molecule has 0 saturated carbocycles. The Morgan fingerprint density at radius 1 is 0.895 bits per heavy atom. The minimum Gasteiger partial charge on any atom is -0.314 e. The third-order valence-corrected chi connectivity index (χ3v) is 6.24. The molecule has 0 aliphatic rings. The first-order chi connectivity index (χ1) is 9.13. The normalized spacial score (nSPS) is 11.2. The van der Waals surface area contributed by atoms with E-state index in [2.05, 4.69) is 0 Å². The topological polar surface area (TPSA) is 34.1 Å². The van der Waals surface area contributed by atoms with E-state index in [1.807, 2.05) is 60.7 Å². The molecule has 0 amide bonds. The van der Waals surface area contributed by atoms with Crippen LogP contribution in [0.25, 0.3) is 0 Å². The molecule has 98 valence electrons. The first-order valence-corrected chi connectivity index (χ1v) is 8.22. The Labute approximate surface area is 113 Å². The van der Waals surface area contributed by atoms with Crippen molar-refractivity contribution >= 4 is 23.5 Å². The van der Waals surface area contributed by atoms with Gasteiger partial charge in [0, 0.05) is 23.2 Å². The van der Waals surface area contributed by atoms with Gasteiger partial charge >= 0.3 is 0 Å². The molecule has 0 N–H and O–H groups in total. The summed E-state index contributed by atoms with van der Waals surface area (Å²) in [6, 6.07) is 18.9. The van der Waals surface area contributed by atoms with Crippen molar-refractivity contribution in [3.8, 4) is 0 Å². The molecule has 0 radical (unpaired) electrons. The summed E-state index contributed by atoms with van der Waals surface area (Å²) in [6.45, 7) is 1.54. The first-order valence-electron chi connectivity index (χ1n) is 6.33. The van der Waals surface area contributed by atoms with E-state index in [1.54, 1.807) is 6.92 Å². The molecule has 0 aliphatic carbocycles. The summed E-state index contributed by atoms with van der Waals surface area (Å²) in [7, 11) is -2.70. The SMILES string of the molecule is CC(=O)CCP(=O)(c1ccccc1)c1ccccc1. The fraction of sp³-hybridized carbons (Fsp3) is 0.188. The molecule has 2 aromatic rings. The molecular formula is C16H17O2P. The molecule has 2 rings (SSSR count). The Hall–Kier alpha value is -1.66. The summed E-state index contributed by atoms with van der Waals surface area (Å²) in [4.78, 5) is 11.2. The van der Waals surface area contributed by atoms with Crippen molar-refractivity contribution in [2.75, 3.05) is 6.16 Å². The van der Waals surface area contributed by atoms with Crippen LogP contribution in [0.2, 0.25) is 0 Å². The van der Waals surface area contributed by atoms with Gasteiger partial charge in [-0.25, -0.2) is 0 Å². The number of hydrogen-bond acceptors (Lipinski definition) is 2. The molecule has 0 saturated heterocycles. The van der Waals surface area contributed by atoms with Crippen molar-refractivity contribution in [1.82, 2.24) is 0 Å². The fourth-order valence-corrected chi connectivity index (χ4v) is 4.81. The first kappa shape index (κ1) is 13.8. The van der Waals surface area contributed by atoms with Crippen LogP contribution < -0.4 is 10.6 Å². The van der Waals surface area contributed by atoms with Crippen LogP contribution in [0.3, 0.4) is 0 Å².